The lowest BCUT2D eigenvalue weighted by Gasteiger charge is -2.18. The number of carbonyl (C=O) groups excluding carboxylic acids is 2. The molecule has 0 bridgehead atoms. The molecule has 168 valence electrons. The van der Waals surface area contributed by atoms with Gasteiger partial charge in [0.25, 0.3) is 5.91 Å². The second kappa shape index (κ2) is 10.2. The van der Waals surface area contributed by atoms with Crippen molar-refractivity contribution < 1.29 is 14.3 Å². The van der Waals surface area contributed by atoms with Crippen LogP contribution in [0.5, 0.6) is 5.75 Å². The minimum Gasteiger partial charge on any atom is -0.495 e. The second-order valence-corrected chi connectivity index (χ2v) is 9.38. The number of methoxy groups -OCH3 is 1. The molecule has 3 aromatic rings. The molecule has 1 aromatic heterocycles. The van der Waals surface area contributed by atoms with Crippen LogP contribution in [-0.4, -0.2) is 29.8 Å². The number of amidine groups is 1. The Balaban J connectivity index is 1.58. The van der Waals surface area contributed by atoms with Crippen molar-refractivity contribution in [3.63, 3.8) is 0 Å². The van der Waals surface area contributed by atoms with Crippen LogP contribution in [0.25, 0.3) is 6.08 Å². The molecular weight excluding hydrogens is 478 g/mol. The molecular formula is C24H20ClN3O3S2. The van der Waals surface area contributed by atoms with Crippen LogP contribution in [0.4, 0.5) is 11.4 Å². The maximum absolute atomic E-state index is 13.2. The van der Waals surface area contributed by atoms with Crippen molar-refractivity contribution in [1.29, 1.82) is 0 Å². The van der Waals surface area contributed by atoms with Gasteiger partial charge in [-0.15, -0.1) is 11.3 Å². The van der Waals surface area contributed by atoms with E-state index in [1.54, 1.807) is 24.3 Å². The predicted octanol–water partition coefficient (Wildman–Crippen LogP) is 5.83. The van der Waals surface area contributed by atoms with Crippen LogP contribution in [0, 0.1) is 6.92 Å². The first-order valence-corrected chi connectivity index (χ1v) is 12.2. The highest BCUT2D eigenvalue weighted by molar-refractivity contribution is 8.14. The molecule has 1 aliphatic rings. The molecule has 0 radical (unpaired) electrons. The smallest absolute Gasteiger partial charge is 0.283 e. The number of anilines is 2. The minimum atomic E-state index is -0.286. The maximum atomic E-state index is 13.2. The van der Waals surface area contributed by atoms with Gasteiger partial charge < -0.3 is 10.1 Å². The Morgan fingerprint density at radius 2 is 2.06 bits per heavy atom. The number of nitrogens with zero attached hydrogens (tertiary/aromatic N) is 2. The Labute approximate surface area is 204 Å². The van der Waals surface area contributed by atoms with E-state index in [1.807, 2.05) is 48.7 Å². The van der Waals surface area contributed by atoms with E-state index in [0.717, 1.165) is 16.1 Å². The zero-order valence-corrected chi connectivity index (χ0v) is 20.3. The summed E-state index contributed by atoms with van der Waals surface area (Å²) in [6.45, 7) is 1.93. The Morgan fingerprint density at radius 1 is 1.24 bits per heavy atom. The van der Waals surface area contributed by atoms with Crippen molar-refractivity contribution in [1.82, 2.24) is 0 Å². The molecule has 0 saturated carbocycles. The molecule has 9 heteroatoms. The summed E-state index contributed by atoms with van der Waals surface area (Å²) in [6.07, 6.45) is 1.74. The number of hydrogen-bond acceptors (Lipinski definition) is 6. The van der Waals surface area contributed by atoms with Gasteiger partial charge in [0.2, 0.25) is 5.91 Å². The number of benzene rings is 2. The van der Waals surface area contributed by atoms with E-state index in [0.29, 0.717) is 27.3 Å². The summed E-state index contributed by atoms with van der Waals surface area (Å²) in [5.74, 6) is 0.122. The zero-order chi connectivity index (χ0) is 23.4. The third-order valence-corrected chi connectivity index (χ3v) is 6.85. The van der Waals surface area contributed by atoms with Gasteiger partial charge in [-0.05, 0) is 54.3 Å². The van der Waals surface area contributed by atoms with E-state index in [9.17, 15) is 9.59 Å². The standard InChI is InChI=1S/C24H20ClN3O3S2/c1-15-6-3-4-8-19(15)26-22(29)14-33-24-27-20(13-17-7-5-11-32-17)23(30)28(24)16-9-10-21(31-2)18(25)12-16/h3-13H,14H2,1-2H3,(H,26,29)/b20-13+. The van der Waals surface area contributed by atoms with Gasteiger partial charge in [0.15, 0.2) is 5.17 Å². The molecule has 4 rings (SSSR count). The SMILES string of the molecule is COc1ccc(N2C(=O)/C(=C\c3cccs3)N=C2SCC(=O)Nc2ccccc2C)cc1Cl. The monoisotopic (exact) mass is 497 g/mol. The number of aliphatic imine (C=N–C) groups is 1. The highest BCUT2D eigenvalue weighted by Crippen LogP contribution is 2.34. The number of para-hydroxylation sites is 1. The Bertz CT molecular complexity index is 1260. The van der Waals surface area contributed by atoms with Gasteiger partial charge in [-0.25, -0.2) is 4.99 Å². The Kier molecular flexibility index (Phi) is 7.17. The summed E-state index contributed by atoms with van der Waals surface area (Å²) in [6, 6.07) is 16.5. The number of thioether (sulfide) groups is 1. The van der Waals surface area contributed by atoms with Crippen LogP contribution >= 0.6 is 34.7 Å². The number of rotatable bonds is 6. The van der Waals surface area contributed by atoms with Gasteiger partial charge in [-0.2, -0.15) is 0 Å². The fourth-order valence-electron chi connectivity index (χ4n) is 3.15. The van der Waals surface area contributed by atoms with Gasteiger partial charge in [0.05, 0.1) is 23.6 Å². The number of nitrogens with one attached hydrogen (secondary N) is 1. The number of ether oxygens (including phenoxy) is 1. The number of halogens is 1. The number of amides is 2. The van der Waals surface area contributed by atoms with E-state index < -0.39 is 0 Å². The van der Waals surface area contributed by atoms with Crippen LogP contribution in [0.1, 0.15) is 10.4 Å². The molecule has 2 heterocycles. The van der Waals surface area contributed by atoms with Crippen LogP contribution in [0.2, 0.25) is 5.02 Å². The first-order chi connectivity index (χ1) is 16.0. The lowest BCUT2D eigenvalue weighted by Crippen LogP contribution is -2.31. The van der Waals surface area contributed by atoms with Gasteiger partial charge >= 0.3 is 0 Å². The summed E-state index contributed by atoms with van der Waals surface area (Å²) >= 11 is 9.00. The molecule has 2 aromatic carbocycles. The van der Waals surface area contributed by atoms with Crippen LogP contribution in [-0.2, 0) is 9.59 Å². The molecule has 1 N–H and O–H groups in total. The Morgan fingerprint density at radius 3 is 2.76 bits per heavy atom. The summed E-state index contributed by atoms with van der Waals surface area (Å²) in [5.41, 5.74) is 2.57. The third kappa shape index (κ3) is 5.30. The van der Waals surface area contributed by atoms with Crippen LogP contribution < -0.4 is 15.0 Å². The lowest BCUT2D eigenvalue weighted by molar-refractivity contribution is -0.114. The zero-order valence-electron chi connectivity index (χ0n) is 17.9. The lowest BCUT2D eigenvalue weighted by atomic mass is 10.2. The van der Waals surface area contributed by atoms with Gasteiger partial charge in [0.1, 0.15) is 11.4 Å². The molecule has 1 aliphatic heterocycles. The molecule has 0 unspecified atom stereocenters. The largest absolute Gasteiger partial charge is 0.495 e. The maximum Gasteiger partial charge on any atom is 0.283 e. The quantitative estimate of drug-likeness (QED) is 0.435. The van der Waals surface area contributed by atoms with Crippen molar-refractivity contribution in [3.05, 3.63) is 81.1 Å². The molecule has 0 spiro atoms. The van der Waals surface area contributed by atoms with Crippen LogP contribution in [0.3, 0.4) is 0 Å². The van der Waals surface area contributed by atoms with E-state index in [2.05, 4.69) is 10.3 Å². The normalized spacial score (nSPS) is 14.5. The average Bonchev–Trinajstić information content (AvgIpc) is 3.42. The fourth-order valence-corrected chi connectivity index (χ4v) is 4.87. The molecule has 2 amide bonds. The van der Waals surface area contributed by atoms with Crippen molar-refractivity contribution >= 4 is 69.1 Å². The average molecular weight is 498 g/mol. The fraction of sp³-hybridized carbons (Fsp3) is 0.125. The molecule has 0 saturated heterocycles. The van der Waals surface area contributed by atoms with Crippen molar-refractivity contribution in [3.8, 4) is 5.75 Å². The summed E-state index contributed by atoms with van der Waals surface area (Å²) in [5, 5.41) is 5.62. The van der Waals surface area contributed by atoms with E-state index in [4.69, 9.17) is 16.3 Å². The molecule has 6 nitrogen and oxygen atoms in total. The number of aryl methyl sites for hydroxylation is 1. The predicted molar refractivity (Wildman–Crippen MR) is 137 cm³/mol. The first kappa shape index (κ1) is 23.1. The van der Waals surface area contributed by atoms with Crippen molar-refractivity contribution in [2.24, 2.45) is 4.99 Å². The van der Waals surface area contributed by atoms with E-state index in [1.165, 1.54) is 35.1 Å². The van der Waals surface area contributed by atoms with Gasteiger partial charge in [-0.3, -0.25) is 14.5 Å². The summed E-state index contributed by atoms with van der Waals surface area (Å²) in [4.78, 5) is 32.8. The molecule has 0 fully saturated rings. The van der Waals surface area contributed by atoms with Crippen molar-refractivity contribution in [2.75, 3.05) is 23.1 Å². The first-order valence-electron chi connectivity index (χ1n) is 9.96. The number of thiophene rings is 1. The summed E-state index contributed by atoms with van der Waals surface area (Å²) in [7, 11) is 1.53. The van der Waals surface area contributed by atoms with E-state index in [-0.39, 0.29) is 17.6 Å². The second-order valence-electron chi connectivity index (χ2n) is 7.05. The Hall–Kier alpha value is -3.07. The minimum absolute atomic E-state index is 0.0904. The molecule has 33 heavy (non-hydrogen) atoms. The number of carbonyl (C=O) groups is 2. The third-order valence-electron chi connectivity index (χ3n) is 4.80. The molecule has 0 aliphatic carbocycles. The van der Waals surface area contributed by atoms with E-state index >= 15 is 0 Å². The molecule has 0 atom stereocenters. The van der Waals surface area contributed by atoms with Crippen molar-refractivity contribution in [2.45, 2.75) is 6.92 Å². The van der Waals surface area contributed by atoms with Crippen LogP contribution in [0.15, 0.2) is 70.7 Å². The summed E-state index contributed by atoms with van der Waals surface area (Å²) < 4.78 is 5.22. The number of hydrogen-bond donors (Lipinski definition) is 1. The van der Waals surface area contributed by atoms with Gasteiger partial charge in [-0.1, -0.05) is 47.6 Å². The van der Waals surface area contributed by atoms with Gasteiger partial charge in [0, 0.05) is 10.6 Å². The highest BCUT2D eigenvalue weighted by atomic mass is 35.5. The topological polar surface area (TPSA) is 71.0 Å². The highest BCUT2D eigenvalue weighted by Gasteiger charge is 2.33.